The van der Waals surface area contributed by atoms with Gasteiger partial charge in [0, 0.05) is 37.3 Å². The van der Waals surface area contributed by atoms with E-state index in [1.54, 1.807) is 0 Å². The molecular weight excluding hydrogens is 326 g/mol. The number of hydrogen-bond acceptors (Lipinski definition) is 5. The summed E-state index contributed by atoms with van der Waals surface area (Å²) in [6, 6.07) is 11.0. The number of ether oxygens (including phenoxy) is 1. The Hall–Kier alpha value is -1.76. The summed E-state index contributed by atoms with van der Waals surface area (Å²) in [5, 5.41) is 12.8. The summed E-state index contributed by atoms with van der Waals surface area (Å²) in [4.78, 5) is 0. The van der Waals surface area contributed by atoms with E-state index in [9.17, 15) is 0 Å². The maximum absolute atomic E-state index is 5.96. The van der Waals surface area contributed by atoms with E-state index >= 15 is 0 Å². The summed E-state index contributed by atoms with van der Waals surface area (Å²) in [6.45, 7) is 5.35. The molecule has 2 aliphatic rings. The molecule has 1 aromatic carbocycles. The van der Waals surface area contributed by atoms with Gasteiger partial charge in [0.2, 0.25) is 0 Å². The van der Waals surface area contributed by atoms with Crippen molar-refractivity contribution in [2.45, 2.75) is 63.2 Å². The summed E-state index contributed by atoms with van der Waals surface area (Å²) in [7, 11) is 0. The normalized spacial score (nSPS) is 25.0. The van der Waals surface area contributed by atoms with Gasteiger partial charge in [-0.05, 0) is 38.2 Å². The van der Waals surface area contributed by atoms with Gasteiger partial charge in [0.25, 0.3) is 0 Å². The van der Waals surface area contributed by atoms with Crippen LogP contribution in [-0.4, -0.2) is 34.0 Å². The topological polar surface area (TPSA) is 78.0 Å². The quantitative estimate of drug-likeness (QED) is 0.831. The smallest absolute Gasteiger partial charge is 0.147 e. The molecule has 2 heterocycles. The number of hydrogen-bond donors (Lipinski definition) is 2. The van der Waals surface area contributed by atoms with E-state index in [4.69, 9.17) is 10.5 Å². The second-order valence-corrected chi connectivity index (χ2v) is 7.56. The van der Waals surface area contributed by atoms with Crippen molar-refractivity contribution in [1.29, 1.82) is 0 Å². The Labute approximate surface area is 155 Å². The first kappa shape index (κ1) is 17.6. The van der Waals surface area contributed by atoms with E-state index in [-0.39, 0.29) is 5.54 Å². The van der Waals surface area contributed by atoms with Crippen LogP contribution in [-0.2, 0) is 23.4 Å². The largest absolute Gasteiger partial charge is 0.381 e. The van der Waals surface area contributed by atoms with Gasteiger partial charge in [-0.2, -0.15) is 0 Å². The van der Waals surface area contributed by atoms with E-state index < -0.39 is 0 Å². The highest BCUT2D eigenvalue weighted by molar-refractivity contribution is 5.25. The van der Waals surface area contributed by atoms with Crippen molar-refractivity contribution >= 4 is 0 Å². The molecule has 4 rings (SSSR count). The molecule has 1 saturated carbocycles. The molecule has 140 valence electrons. The van der Waals surface area contributed by atoms with E-state index in [0.717, 1.165) is 57.1 Å². The zero-order chi connectivity index (χ0) is 18.0. The molecule has 1 aliphatic heterocycles. The van der Waals surface area contributed by atoms with Crippen LogP contribution in [0.1, 0.15) is 55.7 Å². The highest BCUT2D eigenvalue weighted by Gasteiger charge is 2.35. The lowest BCUT2D eigenvalue weighted by atomic mass is 9.80. The van der Waals surface area contributed by atoms with E-state index in [2.05, 4.69) is 57.3 Å². The molecule has 6 heteroatoms. The fourth-order valence-corrected chi connectivity index (χ4v) is 4.29. The SMILES string of the molecule is CCn1c(CNC2(c3ccccc3)CCOCC2)nnc1C1CC(N)C1. The fraction of sp³-hybridized carbons (Fsp3) is 0.600. The maximum Gasteiger partial charge on any atom is 0.147 e. The molecule has 3 N–H and O–H groups in total. The number of nitrogens with zero attached hydrogens (tertiary/aromatic N) is 3. The van der Waals surface area contributed by atoms with Crippen LogP contribution in [0.2, 0.25) is 0 Å². The standard InChI is InChI=1S/C20H29N5O/c1-2-25-18(23-24-19(25)15-12-17(21)13-15)14-22-20(8-10-26-11-9-20)16-6-4-3-5-7-16/h3-7,15,17,22H,2,8-14,21H2,1H3. The van der Waals surface area contributed by atoms with Crippen LogP contribution in [0.4, 0.5) is 0 Å². The van der Waals surface area contributed by atoms with Gasteiger partial charge in [0.05, 0.1) is 6.54 Å². The van der Waals surface area contributed by atoms with Crippen molar-refractivity contribution in [1.82, 2.24) is 20.1 Å². The minimum absolute atomic E-state index is 0.0526. The van der Waals surface area contributed by atoms with Gasteiger partial charge in [0.1, 0.15) is 11.6 Å². The lowest BCUT2D eigenvalue weighted by Gasteiger charge is -2.39. The Morgan fingerprint density at radius 3 is 2.58 bits per heavy atom. The summed E-state index contributed by atoms with van der Waals surface area (Å²) in [6.07, 6.45) is 4.00. The molecule has 0 amide bonds. The fourth-order valence-electron chi connectivity index (χ4n) is 4.29. The summed E-state index contributed by atoms with van der Waals surface area (Å²) in [5.41, 5.74) is 7.24. The Balaban J connectivity index is 1.53. The minimum Gasteiger partial charge on any atom is -0.381 e. The molecule has 0 unspecified atom stereocenters. The molecule has 2 fully saturated rings. The summed E-state index contributed by atoms with van der Waals surface area (Å²) >= 11 is 0. The van der Waals surface area contributed by atoms with Gasteiger partial charge in [0.15, 0.2) is 0 Å². The molecule has 1 aliphatic carbocycles. The van der Waals surface area contributed by atoms with Crippen LogP contribution in [0, 0.1) is 0 Å². The van der Waals surface area contributed by atoms with Crippen molar-refractivity contribution in [3.8, 4) is 0 Å². The number of benzene rings is 1. The van der Waals surface area contributed by atoms with Crippen LogP contribution in [0.3, 0.4) is 0 Å². The van der Waals surface area contributed by atoms with Crippen molar-refractivity contribution in [2.24, 2.45) is 5.73 Å². The van der Waals surface area contributed by atoms with E-state index in [1.807, 2.05) is 0 Å². The third-order valence-electron chi connectivity index (χ3n) is 5.97. The van der Waals surface area contributed by atoms with Gasteiger partial charge < -0.3 is 20.4 Å². The molecular formula is C20H29N5O. The van der Waals surface area contributed by atoms with Crippen molar-refractivity contribution in [3.05, 3.63) is 47.5 Å². The van der Waals surface area contributed by atoms with Crippen LogP contribution in [0.25, 0.3) is 0 Å². The van der Waals surface area contributed by atoms with Crippen LogP contribution < -0.4 is 11.1 Å². The molecule has 6 nitrogen and oxygen atoms in total. The lowest BCUT2D eigenvalue weighted by Crippen LogP contribution is -2.46. The van der Waals surface area contributed by atoms with Gasteiger partial charge in [-0.25, -0.2) is 0 Å². The van der Waals surface area contributed by atoms with Crippen molar-refractivity contribution in [2.75, 3.05) is 13.2 Å². The molecule has 1 aromatic heterocycles. The Morgan fingerprint density at radius 2 is 1.92 bits per heavy atom. The molecule has 2 aromatic rings. The number of aromatic nitrogens is 3. The third-order valence-corrected chi connectivity index (χ3v) is 5.97. The second-order valence-electron chi connectivity index (χ2n) is 7.56. The zero-order valence-corrected chi connectivity index (χ0v) is 15.5. The minimum atomic E-state index is -0.0526. The van der Waals surface area contributed by atoms with E-state index in [1.165, 1.54) is 5.56 Å². The maximum atomic E-state index is 5.96. The highest BCUT2D eigenvalue weighted by Crippen LogP contribution is 2.35. The third kappa shape index (κ3) is 3.29. The van der Waals surface area contributed by atoms with Gasteiger partial charge in [-0.15, -0.1) is 10.2 Å². The average Bonchev–Trinajstić information content (AvgIpc) is 3.08. The number of nitrogens with one attached hydrogen (secondary N) is 1. The molecule has 26 heavy (non-hydrogen) atoms. The second kappa shape index (κ2) is 7.47. The van der Waals surface area contributed by atoms with Crippen LogP contribution in [0.5, 0.6) is 0 Å². The zero-order valence-electron chi connectivity index (χ0n) is 15.5. The molecule has 1 saturated heterocycles. The van der Waals surface area contributed by atoms with Crippen LogP contribution >= 0.6 is 0 Å². The van der Waals surface area contributed by atoms with Crippen LogP contribution in [0.15, 0.2) is 30.3 Å². The summed E-state index contributed by atoms with van der Waals surface area (Å²) in [5.74, 6) is 2.59. The number of rotatable bonds is 6. The monoisotopic (exact) mass is 355 g/mol. The summed E-state index contributed by atoms with van der Waals surface area (Å²) < 4.78 is 7.89. The van der Waals surface area contributed by atoms with Gasteiger partial charge in [-0.1, -0.05) is 30.3 Å². The van der Waals surface area contributed by atoms with Crippen molar-refractivity contribution < 1.29 is 4.74 Å². The van der Waals surface area contributed by atoms with Crippen molar-refractivity contribution in [3.63, 3.8) is 0 Å². The lowest BCUT2D eigenvalue weighted by molar-refractivity contribution is 0.0353. The van der Waals surface area contributed by atoms with Gasteiger partial charge >= 0.3 is 0 Å². The first-order valence-corrected chi connectivity index (χ1v) is 9.78. The Bertz CT molecular complexity index is 717. The predicted molar refractivity (Wildman–Crippen MR) is 101 cm³/mol. The molecule has 0 spiro atoms. The predicted octanol–water partition coefficient (Wildman–Crippen LogP) is 2.30. The Kier molecular flexibility index (Phi) is 5.07. The van der Waals surface area contributed by atoms with Gasteiger partial charge in [-0.3, -0.25) is 0 Å². The molecule has 0 radical (unpaired) electrons. The molecule has 0 atom stereocenters. The first-order chi connectivity index (χ1) is 12.7. The average molecular weight is 355 g/mol. The Morgan fingerprint density at radius 1 is 1.19 bits per heavy atom. The molecule has 0 bridgehead atoms. The number of nitrogens with two attached hydrogens (primary N) is 1. The highest BCUT2D eigenvalue weighted by atomic mass is 16.5. The first-order valence-electron chi connectivity index (χ1n) is 9.78. The van der Waals surface area contributed by atoms with E-state index in [0.29, 0.717) is 18.5 Å².